The van der Waals surface area contributed by atoms with Crippen LogP contribution in [0.4, 0.5) is 5.82 Å². The molecule has 0 saturated heterocycles. The summed E-state index contributed by atoms with van der Waals surface area (Å²) in [4.78, 5) is 41.2. The van der Waals surface area contributed by atoms with Crippen molar-refractivity contribution in [2.24, 2.45) is 0 Å². The predicted molar refractivity (Wildman–Crippen MR) is 103 cm³/mol. The number of aromatic nitrogens is 3. The third-order valence-corrected chi connectivity index (χ3v) is 4.79. The van der Waals surface area contributed by atoms with Crippen LogP contribution in [0.15, 0.2) is 65.7 Å². The van der Waals surface area contributed by atoms with E-state index in [1.807, 2.05) is 41.0 Å². The highest BCUT2D eigenvalue weighted by Gasteiger charge is 2.32. The van der Waals surface area contributed by atoms with Crippen LogP contribution in [0.5, 0.6) is 0 Å². The van der Waals surface area contributed by atoms with E-state index in [4.69, 9.17) is 5.73 Å². The number of para-hydroxylation sites is 4. The number of nitrogens with zero attached hydrogens (tertiary/aromatic N) is 3. The summed E-state index contributed by atoms with van der Waals surface area (Å²) >= 11 is 0. The molecule has 0 spiro atoms. The molecular weight excluding hydrogens is 358 g/mol. The molecule has 8 heteroatoms. The van der Waals surface area contributed by atoms with Gasteiger partial charge in [0.25, 0.3) is 17.4 Å². The number of nitrogens with two attached hydrogens (primary N) is 1. The number of carbonyl (C=O) groups is 2. The molecule has 2 aromatic heterocycles. The van der Waals surface area contributed by atoms with Gasteiger partial charge in [0.15, 0.2) is 0 Å². The van der Waals surface area contributed by atoms with Crippen molar-refractivity contribution < 1.29 is 9.59 Å². The molecule has 1 aliphatic rings. The van der Waals surface area contributed by atoms with Gasteiger partial charge in [-0.1, -0.05) is 24.3 Å². The normalized spacial score (nSPS) is 13.0. The van der Waals surface area contributed by atoms with E-state index < -0.39 is 17.4 Å². The summed E-state index contributed by atoms with van der Waals surface area (Å²) in [5.41, 5.74) is 8.48. The second-order valence-corrected chi connectivity index (χ2v) is 6.37. The first-order valence-corrected chi connectivity index (χ1v) is 8.49. The maximum Gasteiger partial charge on any atom is 0.262 e. The standard InChI is InChI=1S/C20H13N5O3/c21-18-17-11(19(27)23-20(17)28)9-16(26)25(18)15-8-4-3-7-14(15)24-10-22-12-5-1-2-6-13(12)24/h1-10H,21H2,(H,23,27,28). The zero-order chi connectivity index (χ0) is 19.4. The molecule has 0 bridgehead atoms. The largest absolute Gasteiger partial charge is 0.384 e. The summed E-state index contributed by atoms with van der Waals surface area (Å²) < 4.78 is 3.08. The molecule has 0 aliphatic carbocycles. The highest BCUT2D eigenvalue weighted by Crippen LogP contribution is 2.27. The van der Waals surface area contributed by atoms with Gasteiger partial charge in [-0.3, -0.25) is 28.8 Å². The Kier molecular flexibility index (Phi) is 3.23. The van der Waals surface area contributed by atoms with Crippen LogP contribution < -0.4 is 16.6 Å². The minimum absolute atomic E-state index is 0.00527. The van der Waals surface area contributed by atoms with Crippen LogP contribution in [0.25, 0.3) is 22.4 Å². The summed E-state index contributed by atoms with van der Waals surface area (Å²) in [6.45, 7) is 0. The lowest BCUT2D eigenvalue weighted by Gasteiger charge is -2.16. The molecular formula is C20H13N5O3. The number of nitrogen functional groups attached to an aromatic ring is 1. The summed E-state index contributed by atoms with van der Waals surface area (Å²) in [7, 11) is 0. The molecule has 0 unspecified atom stereocenters. The number of fused-ring (bicyclic) bond motifs is 2. The lowest BCUT2D eigenvalue weighted by Crippen LogP contribution is -2.25. The van der Waals surface area contributed by atoms with Gasteiger partial charge >= 0.3 is 0 Å². The fourth-order valence-electron chi connectivity index (χ4n) is 3.54. The highest BCUT2D eigenvalue weighted by atomic mass is 16.2. The number of anilines is 1. The molecule has 3 heterocycles. The highest BCUT2D eigenvalue weighted by molar-refractivity contribution is 6.23. The zero-order valence-electron chi connectivity index (χ0n) is 14.4. The van der Waals surface area contributed by atoms with E-state index in [0.717, 1.165) is 17.1 Å². The maximum atomic E-state index is 12.8. The SMILES string of the molecule is Nc1c2c(cc(=O)n1-c1ccccc1-n1cnc3ccccc31)C(=O)NC2=O. The van der Waals surface area contributed by atoms with Gasteiger partial charge in [0.05, 0.1) is 33.5 Å². The van der Waals surface area contributed by atoms with Crippen molar-refractivity contribution in [1.29, 1.82) is 0 Å². The quantitative estimate of drug-likeness (QED) is 0.520. The molecule has 3 N–H and O–H groups in total. The molecule has 0 saturated carbocycles. The fourth-order valence-corrected chi connectivity index (χ4v) is 3.54. The molecule has 4 aromatic rings. The van der Waals surface area contributed by atoms with Crippen molar-refractivity contribution in [3.8, 4) is 11.4 Å². The number of hydrogen-bond acceptors (Lipinski definition) is 5. The van der Waals surface area contributed by atoms with Gasteiger partial charge in [-0.25, -0.2) is 4.98 Å². The summed E-state index contributed by atoms with van der Waals surface area (Å²) in [6, 6.07) is 15.9. The third-order valence-electron chi connectivity index (χ3n) is 4.79. The maximum absolute atomic E-state index is 12.8. The first kappa shape index (κ1) is 16.0. The van der Waals surface area contributed by atoms with Crippen LogP contribution in [0.1, 0.15) is 20.7 Å². The second-order valence-electron chi connectivity index (χ2n) is 6.37. The van der Waals surface area contributed by atoms with Crippen LogP contribution in [0.3, 0.4) is 0 Å². The third kappa shape index (κ3) is 2.11. The van der Waals surface area contributed by atoms with E-state index in [1.54, 1.807) is 18.5 Å². The minimum Gasteiger partial charge on any atom is -0.384 e. The van der Waals surface area contributed by atoms with Crippen LogP contribution in [0, 0.1) is 0 Å². The Bertz CT molecular complexity index is 1370. The Labute approximate surface area is 157 Å². The predicted octanol–water partition coefficient (Wildman–Crippen LogP) is 1.64. The average Bonchev–Trinajstić information content (AvgIpc) is 3.23. The molecule has 0 radical (unpaired) electrons. The Morgan fingerprint density at radius 2 is 1.61 bits per heavy atom. The number of amides is 2. The minimum atomic E-state index is -0.621. The molecule has 5 rings (SSSR count). The van der Waals surface area contributed by atoms with Gasteiger partial charge in [-0.15, -0.1) is 0 Å². The van der Waals surface area contributed by atoms with E-state index >= 15 is 0 Å². The molecule has 2 aromatic carbocycles. The van der Waals surface area contributed by atoms with E-state index in [-0.39, 0.29) is 16.9 Å². The molecule has 0 atom stereocenters. The van der Waals surface area contributed by atoms with Gasteiger partial charge in [0.2, 0.25) is 0 Å². The van der Waals surface area contributed by atoms with E-state index in [1.165, 1.54) is 4.57 Å². The van der Waals surface area contributed by atoms with Gasteiger partial charge in [-0.05, 0) is 24.3 Å². The monoisotopic (exact) mass is 371 g/mol. The Balaban J connectivity index is 1.82. The molecule has 28 heavy (non-hydrogen) atoms. The first-order valence-electron chi connectivity index (χ1n) is 8.49. The molecule has 0 fully saturated rings. The van der Waals surface area contributed by atoms with Crippen molar-refractivity contribution in [1.82, 2.24) is 19.4 Å². The smallest absolute Gasteiger partial charge is 0.262 e. The molecule has 136 valence electrons. The first-order chi connectivity index (χ1) is 13.6. The number of rotatable bonds is 2. The Morgan fingerprint density at radius 1 is 0.893 bits per heavy atom. The topological polar surface area (TPSA) is 112 Å². The van der Waals surface area contributed by atoms with Crippen LogP contribution in [-0.4, -0.2) is 25.9 Å². The Morgan fingerprint density at radius 3 is 2.43 bits per heavy atom. The molecule has 8 nitrogen and oxygen atoms in total. The van der Waals surface area contributed by atoms with Crippen molar-refractivity contribution in [3.63, 3.8) is 0 Å². The van der Waals surface area contributed by atoms with E-state index in [9.17, 15) is 14.4 Å². The van der Waals surface area contributed by atoms with Gasteiger partial charge in [0.1, 0.15) is 12.1 Å². The fraction of sp³-hybridized carbons (Fsp3) is 0. The van der Waals surface area contributed by atoms with Crippen LogP contribution >= 0.6 is 0 Å². The van der Waals surface area contributed by atoms with Gasteiger partial charge in [0, 0.05) is 6.07 Å². The summed E-state index contributed by atoms with van der Waals surface area (Å²) in [6.07, 6.45) is 1.66. The van der Waals surface area contributed by atoms with Crippen molar-refractivity contribution in [2.75, 3.05) is 5.73 Å². The molecule has 2 amide bonds. The van der Waals surface area contributed by atoms with Crippen LogP contribution in [-0.2, 0) is 0 Å². The number of imide groups is 1. The summed E-state index contributed by atoms with van der Waals surface area (Å²) in [5, 5.41) is 2.17. The number of imidazole rings is 1. The summed E-state index contributed by atoms with van der Waals surface area (Å²) in [5.74, 6) is -1.32. The van der Waals surface area contributed by atoms with E-state index in [0.29, 0.717) is 11.4 Å². The average molecular weight is 371 g/mol. The number of benzene rings is 2. The molecule has 1 aliphatic heterocycles. The Hall–Kier alpha value is -4.20. The van der Waals surface area contributed by atoms with Gasteiger partial charge < -0.3 is 5.73 Å². The number of pyridine rings is 1. The van der Waals surface area contributed by atoms with Crippen molar-refractivity contribution in [2.45, 2.75) is 0 Å². The number of carbonyl (C=O) groups excluding carboxylic acids is 2. The van der Waals surface area contributed by atoms with Gasteiger partial charge in [-0.2, -0.15) is 0 Å². The van der Waals surface area contributed by atoms with Crippen LogP contribution in [0.2, 0.25) is 0 Å². The second kappa shape index (κ2) is 5.65. The van der Waals surface area contributed by atoms with E-state index in [2.05, 4.69) is 10.3 Å². The van der Waals surface area contributed by atoms with Crippen molar-refractivity contribution >= 4 is 28.7 Å². The zero-order valence-corrected chi connectivity index (χ0v) is 14.4. The number of nitrogens with one attached hydrogen (secondary N) is 1. The van der Waals surface area contributed by atoms with Crippen molar-refractivity contribution in [3.05, 3.63) is 82.4 Å². The number of hydrogen-bond donors (Lipinski definition) is 2. The lowest BCUT2D eigenvalue weighted by molar-refractivity contribution is 0.0880. The lowest BCUT2D eigenvalue weighted by atomic mass is 10.1.